The first kappa shape index (κ1) is 30.6. The topological polar surface area (TPSA) is 91.9 Å². The van der Waals surface area contributed by atoms with E-state index in [4.69, 9.17) is 49.0 Å². The second kappa shape index (κ2) is 13.3. The summed E-state index contributed by atoms with van der Waals surface area (Å²) in [5.74, 6) is -1.01. The summed E-state index contributed by atoms with van der Waals surface area (Å²) in [6.45, 7) is 2.57. The molecule has 0 saturated carbocycles. The predicted octanol–water partition coefficient (Wildman–Crippen LogP) is 7.17. The van der Waals surface area contributed by atoms with Crippen molar-refractivity contribution in [2.24, 2.45) is 0 Å². The molecule has 0 bridgehead atoms. The number of imidazole rings is 1. The highest BCUT2D eigenvalue weighted by Crippen LogP contribution is 2.41. The van der Waals surface area contributed by atoms with E-state index in [1.54, 1.807) is 43.0 Å². The van der Waals surface area contributed by atoms with Crippen LogP contribution in [0.3, 0.4) is 0 Å². The Morgan fingerprint density at radius 1 is 1.11 bits per heavy atom. The Morgan fingerprint density at radius 3 is 2.68 bits per heavy atom. The first-order valence-electron chi connectivity index (χ1n) is 14.1. The third-order valence-electron chi connectivity index (χ3n) is 7.72. The third kappa shape index (κ3) is 6.78. The van der Waals surface area contributed by atoms with Gasteiger partial charge in [0.1, 0.15) is 12.7 Å². The summed E-state index contributed by atoms with van der Waals surface area (Å²) >= 11 is 18.7. The van der Waals surface area contributed by atoms with E-state index in [0.29, 0.717) is 45.7 Å². The summed E-state index contributed by atoms with van der Waals surface area (Å²) < 4.78 is 20.6. The van der Waals surface area contributed by atoms with E-state index in [1.807, 2.05) is 41.0 Å². The van der Waals surface area contributed by atoms with E-state index < -0.39 is 11.9 Å². The summed E-state index contributed by atoms with van der Waals surface area (Å²) in [4.78, 5) is 18.3. The number of fused-ring (bicyclic) bond motifs is 1. The van der Waals surface area contributed by atoms with E-state index >= 15 is 0 Å². The molecule has 0 aliphatic carbocycles. The van der Waals surface area contributed by atoms with E-state index in [-0.39, 0.29) is 36.1 Å². The molecular formula is C32H29Cl3N4O5. The minimum absolute atomic E-state index is 0.00296. The summed E-state index contributed by atoms with van der Waals surface area (Å²) in [6, 6.07) is 16.4. The monoisotopic (exact) mass is 654 g/mol. The molecule has 1 fully saturated rings. The molecule has 1 saturated heterocycles. The van der Waals surface area contributed by atoms with Crippen LogP contribution >= 0.6 is 34.8 Å². The highest BCUT2D eigenvalue weighted by molar-refractivity contribution is 6.35. The molecule has 4 aromatic rings. The average molecular weight is 656 g/mol. The summed E-state index contributed by atoms with van der Waals surface area (Å²) in [5.41, 5.74) is 3.31. The highest BCUT2D eigenvalue weighted by atomic mass is 35.5. The zero-order chi connectivity index (χ0) is 30.7. The molecule has 0 amide bonds. The van der Waals surface area contributed by atoms with E-state index in [0.717, 1.165) is 17.7 Å². The fraction of sp³-hybridized carbons (Fsp3) is 0.281. The van der Waals surface area contributed by atoms with Crippen LogP contribution in [0, 0.1) is 10.1 Å². The number of benzene rings is 3. The molecule has 2 aliphatic rings. The molecule has 0 radical (unpaired) electrons. The summed E-state index contributed by atoms with van der Waals surface area (Å²) in [7, 11) is 0. The fourth-order valence-corrected chi connectivity index (χ4v) is 6.29. The van der Waals surface area contributed by atoms with Gasteiger partial charge in [0, 0.05) is 53.2 Å². The highest BCUT2D eigenvalue weighted by Gasteiger charge is 2.45. The van der Waals surface area contributed by atoms with Gasteiger partial charge in [-0.2, -0.15) is 0 Å². The largest absolute Gasteiger partial charge is 0.484 e. The molecule has 228 valence electrons. The molecular weight excluding hydrogens is 627 g/mol. The number of nitrogens with zero attached hydrogens (tertiary/aromatic N) is 4. The number of hydrogen-bond acceptors (Lipinski definition) is 7. The maximum Gasteiger partial charge on any atom is 0.314 e. The van der Waals surface area contributed by atoms with Gasteiger partial charge in [0.15, 0.2) is 5.75 Å². The quantitative estimate of drug-likeness (QED) is 0.132. The van der Waals surface area contributed by atoms with Gasteiger partial charge in [-0.25, -0.2) is 4.98 Å². The third-order valence-corrected chi connectivity index (χ3v) is 8.52. The number of nitro benzene ring substituents is 1. The van der Waals surface area contributed by atoms with Crippen molar-refractivity contribution in [3.8, 4) is 5.75 Å². The van der Waals surface area contributed by atoms with Gasteiger partial charge in [0.2, 0.25) is 5.79 Å². The van der Waals surface area contributed by atoms with Crippen LogP contribution in [0.4, 0.5) is 5.69 Å². The molecule has 3 heterocycles. The maximum atomic E-state index is 12.3. The lowest BCUT2D eigenvalue weighted by atomic mass is 9.97. The van der Waals surface area contributed by atoms with Crippen LogP contribution in [0.15, 0.2) is 79.4 Å². The Morgan fingerprint density at radius 2 is 1.93 bits per heavy atom. The van der Waals surface area contributed by atoms with Gasteiger partial charge in [-0.15, -0.1) is 0 Å². The van der Waals surface area contributed by atoms with Gasteiger partial charge in [-0.05, 0) is 47.9 Å². The van der Waals surface area contributed by atoms with Crippen LogP contribution in [0.25, 0.3) is 6.08 Å². The molecule has 2 atom stereocenters. The Kier molecular flexibility index (Phi) is 9.23. The van der Waals surface area contributed by atoms with Crippen molar-refractivity contribution in [3.05, 3.63) is 127 Å². The minimum Gasteiger partial charge on any atom is -0.484 e. The summed E-state index contributed by atoms with van der Waals surface area (Å²) in [5, 5.41) is 13.8. The minimum atomic E-state index is -1.22. The Hall–Kier alpha value is -3.44. The lowest BCUT2D eigenvalue weighted by molar-refractivity contribution is -0.386. The van der Waals surface area contributed by atoms with Crippen molar-refractivity contribution >= 4 is 46.6 Å². The number of hydrogen-bond donors (Lipinski definition) is 0. The van der Waals surface area contributed by atoms with Crippen molar-refractivity contribution in [2.75, 3.05) is 26.3 Å². The standard InChI is InChI=1S/C32H29Cl3N4O5/c33-24-6-3-22(4-7-24)2-1-13-37-14-11-27-23(17-37)5-10-30(31(27)39(40)41)42-18-26-19-43-32(44-26,20-38-15-12-36-21-38)28-9-8-25(34)16-29(28)35/h1-10,12,15-16,21,26H,11,13-14,17-20H2/t26-,32-/m1/s1. The number of halogens is 3. The molecule has 44 heavy (non-hydrogen) atoms. The SMILES string of the molecule is O=[N+]([O-])c1c(OC[C@@H]2CO[C@@](Cn3ccnc3)(c3ccc(Cl)cc3Cl)O2)ccc2c1CCN(CC=Cc1ccc(Cl)cc1)C2. The fourth-order valence-electron chi connectivity index (χ4n) is 5.62. The molecule has 9 nitrogen and oxygen atoms in total. The number of ether oxygens (including phenoxy) is 3. The van der Waals surface area contributed by atoms with Gasteiger partial charge < -0.3 is 18.8 Å². The molecule has 0 unspecified atom stereocenters. The first-order chi connectivity index (χ1) is 21.3. The lowest BCUT2D eigenvalue weighted by Gasteiger charge is -2.30. The molecule has 0 spiro atoms. The maximum absolute atomic E-state index is 12.3. The van der Waals surface area contributed by atoms with Crippen LogP contribution in [0.2, 0.25) is 15.1 Å². The number of rotatable bonds is 10. The van der Waals surface area contributed by atoms with E-state index in [2.05, 4.69) is 16.0 Å². The van der Waals surface area contributed by atoms with Crippen molar-refractivity contribution in [1.29, 1.82) is 0 Å². The van der Waals surface area contributed by atoms with Crippen LogP contribution in [-0.4, -0.2) is 51.8 Å². The summed E-state index contributed by atoms with van der Waals surface area (Å²) in [6.07, 6.45) is 9.30. The Bertz CT molecular complexity index is 1670. The van der Waals surface area contributed by atoms with Crippen molar-refractivity contribution < 1.29 is 19.1 Å². The average Bonchev–Trinajstić information content (AvgIpc) is 3.67. The molecule has 1 aromatic heterocycles. The van der Waals surface area contributed by atoms with Crippen molar-refractivity contribution in [1.82, 2.24) is 14.5 Å². The van der Waals surface area contributed by atoms with E-state index in [1.165, 1.54) is 0 Å². The predicted molar refractivity (Wildman–Crippen MR) is 169 cm³/mol. The van der Waals surface area contributed by atoms with Gasteiger partial charge in [-0.1, -0.05) is 71.2 Å². The number of nitro groups is 1. The second-order valence-corrected chi connectivity index (χ2v) is 12.0. The van der Waals surface area contributed by atoms with Crippen LogP contribution in [-0.2, 0) is 34.8 Å². The smallest absolute Gasteiger partial charge is 0.314 e. The Balaban J connectivity index is 1.14. The number of aromatic nitrogens is 2. The van der Waals surface area contributed by atoms with Crippen molar-refractivity contribution in [2.45, 2.75) is 31.4 Å². The molecule has 2 aliphatic heterocycles. The normalized spacial score (nSPS) is 20.2. The van der Waals surface area contributed by atoms with Gasteiger partial charge >= 0.3 is 5.69 Å². The zero-order valence-electron chi connectivity index (χ0n) is 23.6. The van der Waals surface area contributed by atoms with Gasteiger partial charge in [-0.3, -0.25) is 15.0 Å². The van der Waals surface area contributed by atoms with Gasteiger partial charge in [0.05, 0.1) is 29.4 Å². The van der Waals surface area contributed by atoms with Crippen LogP contribution in [0.5, 0.6) is 5.75 Å². The molecule has 3 aromatic carbocycles. The second-order valence-electron chi connectivity index (χ2n) is 10.7. The lowest BCUT2D eigenvalue weighted by Crippen LogP contribution is -2.34. The molecule has 0 N–H and O–H groups in total. The Labute approximate surface area is 269 Å². The van der Waals surface area contributed by atoms with Crippen LogP contribution in [0.1, 0.15) is 22.3 Å². The van der Waals surface area contributed by atoms with Crippen molar-refractivity contribution in [3.63, 3.8) is 0 Å². The van der Waals surface area contributed by atoms with Crippen LogP contribution < -0.4 is 4.74 Å². The first-order valence-corrected chi connectivity index (χ1v) is 15.2. The molecule has 6 rings (SSSR count). The van der Waals surface area contributed by atoms with Gasteiger partial charge in [0.25, 0.3) is 0 Å². The molecule has 12 heteroatoms. The zero-order valence-corrected chi connectivity index (χ0v) is 25.8. The van der Waals surface area contributed by atoms with E-state index in [9.17, 15) is 10.1 Å².